The van der Waals surface area contributed by atoms with Crippen LogP contribution in [-0.4, -0.2) is 86.0 Å². The van der Waals surface area contributed by atoms with E-state index < -0.39 is 60.3 Å². The molecule has 0 radical (unpaired) electrons. The summed E-state index contributed by atoms with van der Waals surface area (Å²) < 4.78 is 15.4. The SMILES string of the molecule is COc1ccc(C=CC(=O)c2ccc(O)c(O[C@H]3O[C@@H](CO)[C@H](O)[C@@H](O)[C@@H]3O)c2O)cc1O. The summed E-state index contributed by atoms with van der Waals surface area (Å²) in [6.45, 7) is -0.701. The number of phenolic OH excluding ortho intramolecular Hbond substituents is 3. The van der Waals surface area contributed by atoms with Crippen molar-refractivity contribution in [3.05, 3.63) is 47.5 Å². The molecular formula is C22H24O11. The molecule has 0 aliphatic carbocycles. The Hall–Kier alpha value is -3.35. The van der Waals surface area contributed by atoms with Gasteiger partial charge < -0.3 is 50.0 Å². The first-order valence-corrected chi connectivity index (χ1v) is 9.79. The number of carbonyl (C=O) groups is 1. The summed E-state index contributed by atoms with van der Waals surface area (Å²) in [5.74, 6) is -2.52. The van der Waals surface area contributed by atoms with Crippen LogP contribution in [0.3, 0.4) is 0 Å². The molecule has 2 aromatic carbocycles. The first-order chi connectivity index (χ1) is 15.7. The number of benzene rings is 2. The standard InChI is InChI=1S/C22H24O11/c1-31-15-7-3-10(8-14(15)26)2-5-12(24)11-4-6-13(25)21(17(11)27)33-22-20(30)19(29)18(28)16(9-23)32-22/h2-8,16,18-20,22-23,25-30H,9H2,1H3/t16-,18-,19+,20-,22+/m0/s1. The number of aliphatic hydroxyl groups excluding tert-OH is 4. The summed E-state index contributed by atoms with van der Waals surface area (Å²) in [6.07, 6.45) is -5.60. The van der Waals surface area contributed by atoms with Gasteiger partial charge in [-0.1, -0.05) is 12.1 Å². The van der Waals surface area contributed by atoms with Crippen molar-refractivity contribution in [1.29, 1.82) is 0 Å². The van der Waals surface area contributed by atoms with E-state index in [-0.39, 0.29) is 17.1 Å². The second kappa shape index (κ2) is 10.1. The largest absolute Gasteiger partial charge is 0.504 e. The lowest BCUT2D eigenvalue weighted by Gasteiger charge is -2.39. The van der Waals surface area contributed by atoms with Gasteiger partial charge in [-0.25, -0.2) is 0 Å². The van der Waals surface area contributed by atoms with Crippen molar-refractivity contribution in [1.82, 2.24) is 0 Å². The summed E-state index contributed by atoms with van der Waals surface area (Å²) in [4.78, 5) is 12.6. The molecule has 1 fully saturated rings. The maximum absolute atomic E-state index is 12.6. The lowest BCUT2D eigenvalue weighted by Crippen LogP contribution is -2.60. The Kier molecular flexibility index (Phi) is 7.41. The Morgan fingerprint density at radius 1 is 1.03 bits per heavy atom. The third kappa shape index (κ3) is 5.02. The van der Waals surface area contributed by atoms with Crippen LogP contribution in [0.15, 0.2) is 36.4 Å². The zero-order valence-corrected chi connectivity index (χ0v) is 17.4. The maximum Gasteiger partial charge on any atom is 0.229 e. The number of phenols is 3. The van der Waals surface area contributed by atoms with Crippen LogP contribution in [0.4, 0.5) is 0 Å². The van der Waals surface area contributed by atoms with E-state index in [9.17, 15) is 40.5 Å². The average molecular weight is 464 g/mol. The van der Waals surface area contributed by atoms with E-state index >= 15 is 0 Å². The molecule has 1 heterocycles. The highest BCUT2D eigenvalue weighted by Gasteiger charge is 2.45. The van der Waals surface area contributed by atoms with Gasteiger partial charge in [-0.05, 0) is 35.9 Å². The molecule has 1 aliphatic rings. The van der Waals surface area contributed by atoms with Crippen molar-refractivity contribution in [3.63, 3.8) is 0 Å². The van der Waals surface area contributed by atoms with Gasteiger partial charge >= 0.3 is 0 Å². The molecule has 0 unspecified atom stereocenters. The van der Waals surface area contributed by atoms with Gasteiger partial charge in [-0.3, -0.25) is 4.79 Å². The van der Waals surface area contributed by atoms with Gasteiger partial charge in [-0.2, -0.15) is 0 Å². The van der Waals surface area contributed by atoms with Crippen molar-refractivity contribution >= 4 is 11.9 Å². The first kappa shape index (κ1) is 24.3. The van der Waals surface area contributed by atoms with Crippen LogP contribution in [0.25, 0.3) is 6.08 Å². The minimum atomic E-state index is -1.79. The van der Waals surface area contributed by atoms with E-state index in [4.69, 9.17) is 14.2 Å². The average Bonchev–Trinajstić information content (AvgIpc) is 2.80. The van der Waals surface area contributed by atoms with Crippen LogP contribution in [0, 0.1) is 0 Å². The number of ketones is 1. The topological polar surface area (TPSA) is 186 Å². The van der Waals surface area contributed by atoms with E-state index in [1.807, 2.05) is 0 Å². The molecular weight excluding hydrogens is 440 g/mol. The van der Waals surface area contributed by atoms with E-state index in [0.717, 1.165) is 18.2 Å². The first-order valence-electron chi connectivity index (χ1n) is 9.79. The number of ether oxygens (including phenoxy) is 3. The molecule has 1 aliphatic heterocycles. The Labute approximate surface area is 188 Å². The van der Waals surface area contributed by atoms with E-state index in [0.29, 0.717) is 5.56 Å². The molecule has 0 saturated carbocycles. The molecule has 2 aromatic rings. The lowest BCUT2D eigenvalue weighted by atomic mass is 9.99. The van der Waals surface area contributed by atoms with Crippen LogP contribution in [0.1, 0.15) is 15.9 Å². The monoisotopic (exact) mass is 464 g/mol. The Bertz CT molecular complexity index is 1030. The van der Waals surface area contributed by atoms with E-state index in [2.05, 4.69) is 0 Å². The quantitative estimate of drug-likeness (QED) is 0.214. The predicted molar refractivity (Wildman–Crippen MR) is 112 cm³/mol. The molecule has 0 bridgehead atoms. The van der Waals surface area contributed by atoms with E-state index in [1.165, 1.54) is 25.3 Å². The Balaban J connectivity index is 1.83. The summed E-state index contributed by atoms with van der Waals surface area (Å²) >= 11 is 0. The zero-order chi connectivity index (χ0) is 24.3. The fraction of sp³-hybridized carbons (Fsp3) is 0.318. The fourth-order valence-corrected chi connectivity index (χ4v) is 3.23. The molecule has 178 valence electrons. The summed E-state index contributed by atoms with van der Waals surface area (Å²) in [5, 5.41) is 69.5. The summed E-state index contributed by atoms with van der Waals surface area (Å²) in [6, 6.07) is 6.67. The number of aliphatic hydroxyl groups is 4. The van der Waals surface area contributed by atoms with Crippen molar-refractivity contribution in [2.75, 3.05) is 13.7 Å². The van der Waals surface area contributed by atoms with Crippen molar-refractivity contribution in [2.45, 2.75) is 30.7 Å². The molecule has 1 saturated heterocycles. The van der Waals surface area contributed by atoms with E-state index in [1.54, 1.807) is 6.07 Å². The fourth-order valence-electron chi connectivity index (χ4n) is 3.23. The molecule has 11 heteroatoms. The minimum absolute atomic E-state index is 0.130. The number of methoxy groups -OCH3 is 1. The number of rotatable bonds is 7. The van der Waals surface area contributed by atoms with Crippen molar-refractivity contribution in [3.8, 4) is 28.7 Å². The number of aromatic hydroxyl groups is 3. The smallest absolute Gasteiger partial charge is 0.229 e. The summed E-state index contributed by atoms with van der Waals surface area (Å²) in [7, 11) is 1.39. The minimum Gasteiger partial charge on any atom is -0.504 e. The number of allylic oxidation sites excluding steroid dienone is 1. The molecule has 0 spiro atoms. The summed E-state index contributed by atoms with van der Waals surface area (Å²) in [5.41, 5.74) is 0.207. The second-order valence-electron chi connectivity index (χ2n) is 7.25. The van der Waals surface area contributed by atoms with Gasteiger partial charge in [0.2, 0.25) is 12.0 Å². The number of carbonyl (C=O) groups excluding carboxylic acids is 1. The molecule has 5 atom stereocenters. The Morgan fingerprint density at radius 3 is 2.39 bits per heavy atom. The number of hydrogen-bond acceptors (Lipinski definition) is 11. The normalized spacial score (nSPS) is 25.2. The Morgan fingerprint density at radius 2 is 1.76 bits per heavy atom. The third-order valence-corrected chi connectivity index (χ3v) is 5.09. The van der Waals surface area contributed by atoms with Gasteiger partial charge in [0.25, 0.3) is 0 Å². The second-order valence-corrected chi connectivity index (χ2v) is 7.25. The van der Waals surface area contributed by atoms with Gasteiger partial charge in [-0.15, -0.1) is 0 Å². The van der Waals surface area contributed by atoms with Gasteiger partial charge in [0, 0.05) is 0 Å². The molecule has 33 heavy (non-hydrogen) atoms. The lowest BCUT2D eigenvalue weighted by molar-refractivity contribution is -0.277. The number of hydrogen-bond donors (Lipinski definition) is 7. The third-order valence-electron chi connectivity index (χ3n) is 5.09. The molecule has 0 aromatic heterocycles. The van der Waals surface area contributed by atoms with Crippen molar-refractivity contribution in [2.24, 2.45) is 0 Å². The van der Waals surface area contributed by atoms with Gasteiger partial charge in [0.05, 0.1) is 19.3 Å². The predicted octanol–water partition coefficient (Wildman–Crippen LogP) is -0.113. The zero-order valence-electron chi connectivity index (χ0n) is 17.4. The highest BCUT2D eigenvalue weighted by molar-refractivity contribution is 6.09. The van der Waals surface area contributed by atoms with Crippen molar-refractivity contribution < 1.29 is 54.8 Å². The highest BCUT2D eigenvalue weighted by atomic mass is 16.7. The highest BCUT2D eigenvalue weighted by Crippen LogP contribution is 2.40. The van der Waals surface area contributed by atoms with Crippen LogP contribution >= 0.6 is 0 Å². The van der Waals surface area contributed by atoms with Gasteiger partial charge in [0.15, 0.2) is 28.8 Å². The van der Waals surface area contributed by atoms with Crippen LogP contribution in [0.2, 0.25) is 0 Å². The maximum atomic E-state index is 12.6. The van der Waals surface area contributed by atoms with Crippen LogP contribution in [0.5, 0.6) is 28.7 Å². The molecule has 7 N–H and O–H groups in total. The molecule has 0 amide bonds. The van der Waals surface area contributed by atoms with Crippen LogP contribution < -0.4 is 9.47 Å². The van der Waals surface area contributed by atoms with Gasteiger partial charge in [0.1, 0.15) is 24.4 Å². The van der Waals surface area contributed by atoms with Crippen LogP contribution in [-0.2, 0) is 4.74 Å². The molecule has 11 nitrogen and oxygen atoms in total. The molecule has 3 rings (SSSR count).